The van der Waals surface area contributed by atoms with Crippen molar-refractivity contribution in [3.05, 3.63) is 30.1 Å². The third-order valence-corrected chi connectivity index (χ3v) is 3.84. The van der Waals surface area contributed by atoms with Crippen molar-refractivity contribution in [1.82, 2.24) is 15.2 Å². The first-order valence-corrected chi connectivity index (χ1v) is 8.54. The Kier molecular flexibility index (Phi) is 6.17. The van der Waals surface area contributed by atoms with Gasteiger partial charge in [-0.1, -0.05) is 6.07 Å². The smallest absolute Gasteiger partial charge is 0.410 e. The summed E-state index contributed by atoms with van der Waals surface area (Å²) >= 11 is 0. The van der Waals surface area contributed by atoms with Gasteiger partial charge in [-0.25, -0.2) is 4.79 Å². The molecule has 0 spiro atoms. The number of piperidine rings is 1. The highest BCUT2D eigenvalue weighted by atomic mass is 16.6. The molecule has 1 aliphatic heterocycles. The van der Waals surface area contributed by atoms with E-state index in [2.05, 4.69) is 10.3 Å². The van der Waals surface area contributed by atoms with Crippen LogP contribution in [0.3, 0.4) is 0 Å². The van der Waals surface area contributed by atoms with Crippen molar-refractivity contribution in [2.75, 3.05) is 13.1 Å². The zero-order valence-corrected chi connectivity index (χ0v) is 14.7. The third kappa shape index (κ3) is 5.51. The summed E-state index contributed by atoms with van der Waals surface area (Å²) in [5.74, 6) is -0.114. The quantitative estimate of drug-likeness (QED) is 0.919. The van der Waals surface area contributed by atoms with Crippen molar-refractivity contribution >= 4 is 12.0 Å². The van der Waals surface area contributed by atoms with Crippen LogP contribution in [-0.2, 0) is 16.0 Å². The van der Waals surface area contributed by atoms with E-state index in [1.807, 2.05) is 39.0 Å². The molecule has 0 aromatic carbocycles. The minimum atomic E-state index is -0.561. The molecule has 1 aliphatic rings. The highest BCUT2D eigenvalue weighted by molar-refractivity contribution is 5.85. The van der Waals surface area contributed by atoms with E-state index in [4.69, 9.17) is 4.74 Å². The summed E-state index contributed by atoms with van der Waals surface area (Å²) in [7, 11) is 0. The second-order valence-electron chi connectivity index (χ2n) is 7.05. The summed E-state index contributed by atoms with van der Waals surface area (Å²) in [6.45, 7) is 6.56. The molecule has 1 atom stereocenters. The molecule has 1 aromatic heterocycles. The van der Waals surface area contributed by atoms with Gasteiger partial charge in [-0.2, -0.15) is 0 Å². The normalized spacial score (nSPS) is 18.1. The van der Waals surface area contributed by atoms with Crippen LogP contribution in [0.25, 0.3) is 0 Å². The van der Waals surface area contributed by atoms with Gasteiger partial charge in [0, 0.05) is 31.4 Å². The van der Waals surface area contributed by atoms with Crippen LogP contribution in [0.15, 0.2) is 24.4 Å². The van der Waals surface area contributed by atoms with E-state index in [-0.39, 0.29) is 5.91 Å². The lowest BCUT2D eigenvalue weighted by Crippen LogP contribution is -2.53. The number of carbonyl (C=O) groups is 2. The Morgan fingerprint density at radius 2 is 2.12 bits per heavy atom. The summed E-state index contributed by atoms with van der Waals surface area (Å²) in [5, 5.41) is 2.92. The van der Waals surface area contributed by atoms with E-state index in [9.17, 15) is 9.59 Å². The molecule has 24 heavy (non-hydrogen) atoms. The van der Waals surface area contributed by atoms with Gasteiger partial charge in [-0.15, -0.1) is 0 Å². The van der Waals surface area contributed by atoms with Crippen molar-refractivity contribution in [1.29, 1.82) is 0 Å². The molecule has 1 aromatic rings. The van der Waals surface area contributed by atoms with Gasteiger partial charge in [0.25, 0.3) is 0 Å². The molecule has 1 fully saturated rings. The van der Waals surface area contributed by atoms with E-state index in [1.165, 1.54) is 0 Å². The highest BCUT2D eigenvalue weighted by Crippen LogP contribution is 2.20. The Bertz CT molecular complexity index is 554. The second kappa shape index (κ2) is 8.13. The number of ether oxygens (including phenoxy) is 1. The van der Waals surface area contributed by atoms with Gasteiger partial charge in [-0.05, 0) is 52.2 Å². The lowest BCUT2D eigenvalue weighted by Gasteiger charge is -2.35. The van der Waals surface area contributed by atoms with Gasteiger partial charge in [-0.3, -0.25) is 14.7 Å². The van der Waals surface area contributed by atoms with E-state index >= 15 is 0 Å². The van der Waals surface area contributed by atoms with Gasteiger partial charge in [0.1, 0.15) is 11.6 Å². The summed E-state index contributed by atoms with van der Waals surface area (Å²) in [5.41, 5.74) is 0.375. The number of aromatic nitrogens is 1. The predicted octanol–water partition coefficient (Wildman–Crippen LogP) is 2.53. The van der Waals surface area contributed by atoms with E-state index < -0.39 is 17.7 Å². The van der Waals surface area contributed by atoms with Crippen LogP contribution in [0.5, 0.6) is 0 Å². The Balaban J connectivity index is 1.89. The topological polar surface area (TPSA) is 71.5 Å². The van der Waals surface area contributed by atoms with Crippen LogP contribution in [0, 0.1) is 0 Å². The van der Waals surface area contributed by atoms with Gasteiger partial charge in [0.05, 0.1) is 0 Å². The van der Waals surface area contributed by atoms with Crippen LogP contribution in [-0.4, -0.2) is 46.6 Å². The molecule has 2 heterocycles. The fourth-order valence-electron chi connectivity index (χ4n) is 2.72. The van der Waals surface area contributed by atoms with Crippen molar-refractivity contribution in [2.24, 2.45) is 0 Å². The molecule has 6 nitrogen and oxygen atoms in total. The fraction of sp³-hybridized carbons (Fsp3) is 0.611. The summed E-state index contributed by atoms with van der Waals surface area (Å²) < 4.78 is 5.43. The van der Waals surface area contributed by atoms with E-state index in [0.29, 0.717) is 25.9 Å². The molecular formula is C18H27N3O3. The predicted molar refractivity (Wildman–Crippen MR) is 91.5 cm³/mol. The first-order chi connectivity index (χ1) is 11.4. The standard InChI is InChI=1S/C18H27N3O3/c1-18(2,3)24-17(23)21-13-7-5-9-15(21)16(22)20-12-10-14-8-4-6-11-19-14/h4,6,8,11,15H,5,7,9-10,12-13H2,1-3H3,(H,20,22)/t15-/m1/s1. The van der Waals surface area contributed by atoms with Crippen LogP contribution in [0.1, 0.15) is 45.7 Å². The van der Waals surface area contributed by atoms with Gasteiger partial charge in [0.2, 0.25) is 5.91 Å². The molecular weight excluding hydrogens is 306 g/mol. The van der Waals surface area contributed by atoms with E-state index in [0.717, 1.165) is 18.5 Å². The molecule has 2 rings (SSSR count). The molecule has 0 saturated carbocycles. The number of rotatable bonds is 4. The maximum Gasteiger partial charge on any atom is 0.410 e. The summed E-state index contributed by atoms with van der Waals surface area (Å²) in [4.78, 5) is 30.6. The lowest BCUT2D eigenvalue weighted by atomic mass is 10.0. The molecule has 0 unspecified atom stereocenters. The zero-order chi connectivity index (χ0) is 17.6. The van der Waals surface area contributed by atoms with Crippen LogP contribution < -0.4 is 5.32 Å². The van der Waals surface area contributed by atoms with Gasteiger partial charge >= 0.3 is 6.09 Å². The molecule has 1 saturated heterocycles. The minimum absolute atomic E-state index is 0.114. The number of amides is 2. The first-order valence-electron chi connectivity index (χ1n) is 8.54. The monoisotopic (exact) mass is 333 g/mol. The molecule has 6 heteroatoms. The van der Waals surface area contributed by atoms with Crippen LogP contribution in [0.4, 0.5) is 4.79 Å². The Labute approximate surface area is 143 Å². The van der Waals surface area contributed by atoms with Crippen molar-refractivity contribution in [2.45, 2.75) is 58.1 Å². The largest absolute Gasteiger partial charge is 0.444 e. The van der Waals surface area contributed by atoms with Gasteiger partial charge < -0.3 is 10.1 Å². The SMILES string of the molecule is CC(C)(C)OC(=O)N1CCCC[C@@H]1C(=O)NCCc1ccccn1. The van der Waals surface area contributed by atoms with Crippen LogP contribution in [0.2, 0.25) is 0 Å². The first kappa shape index (κ1) is 18.2. The molecule has 132 valence electrons. The zero-order valence-electron chi connectivity index (χ0n) is 14.7. The van der Waals surface area contributed by atoms with E-state index in [1.54, 1.807) is 11.1 Å². The highest BCUT2D eigenvalue weighted by Gasteiger charge is 2.34. The van der Waals surface area contributed by atoms with Crippen LogP contribution >= 0.6 is 0 Å². The van der Waals surface area contributed by atoms with Crippen molar-refractivity contribution < 1.29 is 14.3 Å². The van der Waals surface area contributed by atoms with Crippen molar-refractivity contribution in [3.8, 4) is 0 Å². The van der Waals surface area contributed by atoms with Crippen molar-refractivity contribution in [3.63, 3.8) is 0 Å². The lowest BCUT2D eigenvalue weighted by molar-refractivity contribution is -0.127. The number of hydrogen-bond donors (Lipinski definition) is 1. The molecule has 2 amide bonds. The number of pyridine rings is 1. The second-order valence-corrected chi connectivity index (χ2v) is 7.05. The number of nitrogens with zero attached hydrogens (tertiary/aromatic N) is 2. The maximum atomic E-state index is 12.5. The minimum Gasteiger partial charge on any atom is -0.444 e. The average molecular weight is 333 g/mol. The summed E-state index contributed by atoms with van der Waals surface area (Å²) in [6.07, 6.45) is 4.52. The number of likely N-dealkylation sites (tertiary alicyclic amines) is 1. The number of carbonyl (C=O) groups excluding carboxylic acids is 2. The Morgan fingerprint density at radius 1 is 1.33 bits per heavy atom. The third-order valence-electron chi connectivity index (χ3n) is 3.84. The number of nitrogens with one attached hydrogen (secondary N) is 1. The summed E-state index contributed by atoms with van der Waals surface area (Å²) in [6, 6.07) is 5.27. The van der Waals surface area contributed by atoms with Gasteiger partial charge in [0.15, 0.2) is 0 Å². The Hall–Kier alpha value is -2.11. The number of hydrogen-bond acceptors (Lipinski definition) is 4. The average Bonchev–Trinajstić information content (AvgIpc) is 2.54. The molecule has 0 radical (unpaired) electrons. The molecule has 1 N–H and O–H groups in total. The maximum absolute atomic E-state index is 12.5. The Morgan fingerprint density at radius 3 is 2.79 bits per heavy atom. The molecule has 0 aliphatic carbocycles. The fourth-order valence-corrected chi connectivity index (χ4v) is 2.72. The molecule has 0 bridgehead atoms.